The molecule has 1 unspecified atom stereocenters. The van der Waals surface area contributed by atoms with Gasteiger partial charge in [-0.1, -0.05) is 6.92 Å². The summed E-state index contributed by atoms with van der Waals surface area (Å²) < 4.78 is 7.95. The largest absolute Gasteiger partial charge is 0.377 e. The minimum atomic E-state index is 0.0990. The van der Waals surface area contributed by atoms with Crippen LogP contribution < -0.4 is 0 Å². The molecule has 0 bridgehead atoms. The molecule has 2 fully saturated rings. The quantitative estimate of drug-likeness (QED) is 0.745. The molecule has 0 spiro atoms. The second-order valence-electron chi connectivity index (χ2n) is 7.33. The summed E-state index contributed by atoms with van der Waals surface area (Å²) in [6, 6.07) is 0. The number of thiazole rings is 1. The Morgan fingerprint density at radius 1 is 1.38 bits per heavy atom. The lowest BCUT2D eigenvalue weighted by Gasteiger charge is -2.25. The van der Waals surface area contributed by atoms with E-state index < -0.39 is 0 Å². The lowest BCUT2D eigenvalue weighted by Crippen LogP contribution is -2.34. The monoisotopic (exact) mass is 376 g/mol. The SMILES string of the molecule is CCCN(Cc1c(C(=O)N2CCCC2)nc2sccn12)CC1CCCO1. The van der Waals surface area contributed by atoms with Gasteiger partial charge in [-0.05, 0) is 38.6 Å². The number of fused-ring (bicyclic) bond motifs is 1. The molecule has 2 aromatic heterocycles. The zero-order valence-corrected chi connectivity index (χ0v) is 16.3. The Morgan fingerprint density at radius 2 is 2.23 bits per heavy atom. The van der Waals surface area contributed by atoms with Crippen LogP contribution in [0.25, 0.3) is 4.96 Å². The molecule has 142 valence electrons. The van der Waals surface area contributed by atoms with Gasteiger partial charge in [0.1, 0.15) is 0 Å². The number of aromatic nitrogens is 2. The predicted octanol–water partition coefficient (Wildman–Crippen LogP) is 3.02. The molecule has 1 atom stereocenters. The average molecular weight is 377 g/mol. The number of hydrogen-bond donors (Lipinski definition) is 0. The van der Waals surface area contributed by atoms with Crippen molar-refractivity contribution in [3.8, 4) is 0 Å². The van der Waals surface area contributed by atoms with E-state index in [0.29, 0.717) is 11.8 Å². The smallest absolute Gasteiger partial charge is 0.274 e. The first-order valence-electron chi connectivity index (χ1n) is 9.84. The second-order valence-corrected chi connectivity index (χ2v) is 8.21. The molecular weight excluding hydrogens is 348 g/mol. The van der Waals surface area contributed by atoms with Gasteiger partial charge < -0.3 is 9.64 Å². The number of carbonyl (C=O) groups is 1. The normalized spacial score (nSPS) is 20.7. The zero-order valence-electron chi connectivity index (χ0n) is 15.5. The van der Waals surface area contributed by atoms with Crippen molar-refractivity contribution in [2.75, 3.05) is 32.8 Å². The van der Waals surface area contributed by atoms with Gasteiger partial charge in [-0.25, -0.2) is 4.98 Å². The number of ether oxygens (including phenoxy) is 1. The van der Waals surface area contributed by atoms with E-state index in [1.54, 1.807) is 11.3 Å². The van der Waals surface area contributed by atoms with E-state index in [1.807, 2.05) is 16.5 Å². The molecule has 2 aliphatic heterocycles. The summed E-state index contributed by atoms with van der Waals surface area (Å²) in [6.45, 7) is 7.49. The van der Waals surface area contributed by atoms with Crippen molar-refractivity contribution in [1.82, 2.24) is 19.2 Å². The maximum atomic E-state index is 13.0. The molecular formula is C19H28N4O2S. The Kier molecular flexibility index (Phi) is 5.57. The lowest BCUT2D eigenvalue weighted by molar-refractivity contribution is 0.0694. The van der Waals surface area contributed by atoms with Gasteiger partial charge in [0.15, 0.2) is 10.7 Å². The highest BCUT2D eigenvalue weighted by Crippen LogP contribution is 2.23. The van der Waals surface area contributed by atoms with Crippen LogP contribution in [-0.4, -0.2) is 64.0 Å². The van der Waals surface area contributed by atoms with Gasteiger partial charge in [0.2, 0.25) is 0 Å². The van der Waals surface area contributed by atoms with Crippen LogP contribution in [0.15, 0.2) is 11.6 Å². The van der Waals surface area contributed by atoms with Crippen LogP contribution in [0.1, 0.15) is 55.2 Å². The summed E-state index contributed by atoms with van der Waals surface area (Å²) in [4.78, 5) is 23.0. The standard InChI is InChI=1S/C19H28N4O2S/c1-2-7-21(13-15-6-5-11-25-15)14-16-17(18(24)22-8-3-4-9-22)20-19-23(16)10-12-26-19/h10,12,15H,2-9,11,13-14H2,1H3. The highest BCUT2D eigenvalue weighted by molar-refractivity contribution is 7.15. The fourth-order valence-corrected chi connectivity index (χ4v) is 4.80. The summed E-state index contributed by atoms with van der Waals surface area (Å²) in [7, 11) is 0. The van der Waals surface area contributed by atoms with Crippen LogP contribution in [0.3, 0.4) is 0 Å². The predicted molar refractivity (Wildman–Crippen MR) is 103 cm³/mol. The highest BCUT2D eigenvalue weighted by atomic mass is 32.1. The summed E-state index contributed by atoms with van der Waals surface area (Å²) in [5, 5.41) is 2.04. The van der Waals surface area contributed by atoms with E-state index in [-0.39, 0.29) is 5.91 Å². The van der Waals surface area contributed by atoms with E-state index in [0.717, 1.165) is 82.1 Å². The molecule has 2 saturated heterocycles. The Labute approximate surface area is 158 Å². The molecule has 2 aliphatic rings. The number of hydrogen-bond acceptors (Lipinski definition) is 5. The second kappa shape index (κ2) is 8.06. The van der Waals surface area contributed by atoms with Crippen molar-refractivity contribution in [2.45, 2.75) is 51.7 Å². The Bertz CT molecular complexity index is 744. The first kappa shape index (κ1) is 17.9. The lowest BCUT2D eigenvalue weighted by atomic mass is 10.2. The summed E-state index contributed by atoms with van der Waals surface area (Å²) in [5.74, 6) is 0.0990. The van der Waals surface area contributed by atoms with Crippen LogP contribution >= 0.6 is 11.3 Å². The number of carbonyl (C=O) groups excluding carboxylic acids is 1. The third-order valence-electron chi connectivity index (χ3n) is 5.36. The Hall–Kier alpha value is -1.44. The van der Waals surface area contributed by atoms with Gasteiger partial charge in [-0.2, -0.15) is 0 Å². The summed E-state index contributed by atoms with van der Waals surface area (Å²) in [5.41, 5.74) is 1.68. The molecule has 0 N–H and O–H groups in total. The van der Waals surface area contributed by atoms with Gasteiger partial charge in [-0.3, -0.25) is 14.1 Å². The topological polar surface area (TPSA) is 50.1 Å². The van der Waals surface area contributed by atoms with Crippen LogP contribution in [0, 0.1) is 0 Å². The number of nitrogens with zero attached hydrogens (tertiary/aromatic N) is 4. The highest BCUT2D eigenvalue weighted by Gasteiger charge is 2.28. The maximum Gasteiger partial charge on any atom is 0.274 e. The minimum Gasteiger partial charge on any atom is -0.377 e. The van der Waals surface area contributed by atoms with Crippen LogP contribution in [0.4, 0.5) is 0 Å². The molecule has 0 saturated carbocycles. The van der Waals surface area contributed by atoms with Gasteiger partial charge in [-0.15, -0.1) is 11.3 Å². The fraction of sp³-hybridized carbons (Fsp3) is 0.684. The van der Waals surface area contributed by atoms with Crippen molar-refractivity contribution in [2.24, 2.45) is 0 Å². The molecule has 0 aliphatic carbocycles. The first-order valence-corrected chi connectivity index (χ1v) is 10.7. The number of rotatable bonds is 7. The number of likely N-dealkylation sites (tertiary alicyclic amines) is 1. The third kappa shape index (κ3) is 3.66. The molecule has 7 heteroatoms. The van der Waals surface area contributed by atoms with E-state index in [2.05, 4.69) is 16.2 Å². The molecule has 26 heavy (non-hydrogen) atoms. The molecule has 0 aromatic carbocycles. The molecule has 4 rings (SSSR count). The van der Waals surface area contributed by atoms with Crippen molar-refractivity contribution < 1.29 is 9.53 Å². The Morgan fingerprint density at radius 3 is 2.96 bits per heavy atom. The molecule has 6 nitrogen and oxygen atoms in total. The minimum absolute atomic E-state index is 0.0990. The van der Waals surface area contributed by atoms with E-state index in [9.17, 15) is 4.79 Å². The van der Waals surface area contributed by atoms with Gasteiger partial charge in [0, 0.05) is 44.4 Å². The van der Waals surface area contributed by atoms with E-state index >= 15 is 0 Å². The molecule has 2 aromatic rings. The third-order valence-corrected chi connectivity index (χ3v) is 6.11. The van der Waals surface area contributed by atoms with Gasteiger partial charge in [0.25, 0.3) is 5.91 Å². The van der Waals surface area contributed by atoms with Crippen LogP contribution in [-0.2, 0) is 11.3 Å². The van der Waals surface area contributed by atoms with Crippen LogP contribution in [0.2, 0.25) is 0 Å². The maximum absolute atomic E-state index is 13.0. The average Bonchev–Trinajstić information content (AvgIpc) is 3.41. The molecule has 0 radical (unpaired) electrons. The fourth-order valence-electron chi connectivity index (χ4n) is 4.06. The number of amides is 1. The van der Waals surface area contributed by atoms with E-state index in [1.165, 1.54) is 0 Å². The molecule has 4 heterocycles. The van der Waals surface area contributed by atoms with Crippen molar-refractivity contribution in [1.29, 1.82) is 0 Å². The summed E-state index contributed by atoms with van der Waals surface area (Å²) >= 11 is 1.59. The Balaban J connectivity index is 1.59. The van der Waals surface area contributed by atoms with Gasteiger partial charge >= 0.3 is 0 Å². The van der Waals surface area contributed by atoms with E-state index in [4.69, 9.17) is 9.72 Å². The first-order chi connectivity index (χ1) is 12.8. The molecule has 1 amide bonds. The van der Waals surface area contributed by atoms with Gasteiger partial charge in [0.05, 0.1) is 11.8 Å². The van der Waals surface area contributed by atoms with Crippen molar-refractivity contribution >= 4 is 22.2 Å². The summed E-state index contributed by atoms with van der Waals surface area (Å²) in [6.07, 6.45) is 7.96. The van der Waals surface area contributed by atoms with Crippen molar-refractivity contribution in [3.05, 3.63) is 23.0 Å². The van der Waals surface area contributed by atoms with Crippen molar-refractivity contribution in [3.63, 3.8) is 0 Å². The van der Waals surface area contributed by atoms with Crippen LogP contribution in [0.5, 0.6) is 0 Å². The number of imidazole rings is 1. The zero-order chi connectivity index (χ0) is 17.9.